The lowest BCUT2D eigenvalue weighted by Gasteiger charge is -2.26. The number of nitrogens with one attached hydrogen (secondary N) is 1. The van der Waals surface area contributed by atoms with E-state index in [0.29, 0.717) is 0 Å². The molecule has 7 heteroatoms. The van der Waals surface area contributed by atoms with Crippen LogP contribution in [0.5, 0.6) is 0 Å². The molecule has 1 atom stereocenters. The Kier molecular flexibility index (Phi) is 4.90. The Morgan fingerprint density at radius 2 is 2.00 bits per heavy atom. The van der Waals surface area contributed by atoms with Crippen LogP contribution in [-0.4, -0.2) is 57.1 Å². The first-order valence-electron chi connectivity index (χ1n) is 9.21. The van der Waals surface area contributed by atoms with Gasteiger partial charge < -0.3 is 14.6 Å². The van der Waals surface area contributed by atoms with Crippen LogP contribution in [0.2, 0.25) is 0 Å². The minimum atomic E-state index is 0.101. The normalized spacial score (nSPS) is 16.8. The molecule has 0 radical (unpaired) electrons. The molecule has 4 rings (SSSR count). The number of benzene rings is 1. The second-order valence-electron chi connectivity index (χ2n) is 6.83. The highest BCUT2D eigenvalue weighted by molar-refractivity contribution is 5.76. The van der Waals surface area contributed by atoms with Crippen LogP contribution in [0.1, 0.15) is 18.8 Å². The first-order chi connectivity index (χ1) is 12.7. The summed E-state index contributed by atoms with van der Waals surface area (Å²) in [6.07, 6.45) is 3.96. The van der Waals surface area contributed by atoms with E-state index in [4.69, 9.17) is 9.72 Å². The van der Waals surface area contributed by atoms with Gasteiger partial charge in [-0.2, -0.15) is 5.10 Å². The molecule has 1 saturated heterocycles. The van der Waals surface area contributed by atoms with E-state index in [1.165, 1.54) is 0 Å². The number of hydrogen-bond donors (Lipinski definition) is 1. The monoisotopic (exact) mass is 354 g/mol. The Balaban J connectivity index is 1.39. The molecule has 1 aliphatic heterocycles. The van der Waals surface area contributed by atoms with Gasteiger partial charge in [0.05, 0.1) is 48.7 Å². The van der Waals surface area contributed by atoms with Gasteiger partial charge in [-0.05, 0) is 19.1 Å². The van der Waals surface area contributed by atoms with Crippen LogP contribution in [0.3, 0.4) is 0 Å². The molecule has 138 valence electrons. The van der Waals surface area contributed by atoms with Crippen LogP contribution in [-0.2, 0) is 18.3 Å². The van der Waals surface area contributed by atoms with Gasteiger partial charge in [0, 0.05) is 32.9 Å². The maximum absolute atomic E-state index is 5.39. The Hall–Kier alpha value is -2.38. The van der Waals surface area contributed by atoms with Crippen molar-refractivity contribution in [1.82, 2.24) is 24.2 Å². The summed E-state index contributed by atoms with van der Waals surface area (Å²) in [5, 5.41) is 8.00. The van der Waals surface area contributed by atoms with Gasteiger partial charge >= 0.3 is 0 Å². The lowest BCUT2D eigenvalue weighted by atomic mass is 10.3. The molecule has 1 aliphatic rings. The highest BCUT2D eigenvalue weighted by Gasteiger charge is 2.15. The average molecular weight is 354 g/mol. The van der Waals surface area contributed by atoms with Crippen LogP contribution in [0.15, 0.2) is 36.7 Å². The number of nitrogens with zero attached hydrogens (tertiary/aromatic N) is 5. The third-order valence-electron chi connectivity index (χ3n) is 4.97. The van der Waals surface area contributed by atoms with Crippen molar-refractivity contribution in [1.29, 1.82) is 0 Å². The first-order valence-corrected chi connectivity index (χ1v) is 9.21. The number of anilines is 1. The molecular weight excluding hydrogens is 328 g/mol. The number of rotatable bonds is 6. The van der Waals surface area contributed by atoms with Crippen LogP contribution in [0.25, 0.3) is 11.0 Å². The molecular formula is C19H26N6O. The molecule has 0 amide bonds. The van der Waals surface area contributed by atoms with Gasteiger partial charge in [-0.1, -0.05) is 12.1 Å². The number of aromatic nitrogens is 4. The molecule has 3 heterocycles. The first kappa shape index (κ1) is 17.1. The molecule has 0 spiro atoms. The van der Waals surface area contributed by atoms with Gasteiger partial charge in [-0.25, -0.2) is 4.98 Å². The Bertz CT molecular complexity index is 864. The number of ether oxygens (including phenoxy) is 1. The summed E-state index contributed by atoms with van der Waals surface area (Å²) in [4.78, 5) is 7.18. The van der Waals surface area contributed by atoms with Crippen LogP contribution in [0, 0.1) is 0 Å². The van der Waals surface area contributed by atoms with Gasteiger partial charge in [0.2, 0.25) is 0 Å². The summed E-state index contributed by atoms with van der Waals surface area (Å²) in [7, 11) is 2.06. The maximum atomic E-state index is 5.39. The molecule has 3 aromatic rings. The van der Waals surface area contributed by atoms with Crippen molar-refractivity contribution in [2.75, 3.05) is 38.2 Å². The van der Waals surface area contributed by atoms with Crippen molar-refractivity contribution in [2.24, 2.45) is 7.05 Å². The number of imidazole rings is 1. The molecule has 0 bridgehead atoms. The number of morpholine rings is 1. The molecule has 0 saturated carbocycles. The maximum Gasteiger partial charge on any atom is 0.131 e. The largest absolute Gasteiger partial charge is 0.379 e. The van der Waals surface area contributed by atoms with E-state index >= 15 is 0 Å². The highest BCUT2D eigenvalue weighted by Crippen LogP contribution is 2.22. The Morgan fingerprint density at radius 3 is 2.81 bits per heavy atom. The summed E-state index contributed by atoms with van der Waals surface area (Å²) in [6, 6.07) is 8.32. The standard InChI is InChI=1S/C19H26N6O/c1-15(19-22-17-5-3-4-6-18(17)23(19)2)21-16-13-20-25(14-16)8-7-24-9-11-26-12-10-24/h3-6,13-15,21H,7-12H2,1-2H3. The average Bonchev–Trinajstić information content (AvgIpc) is 3.25. The summed E-state index contributed by atoms with van der Waals surface area (Å²) in [5.74, 6) is 1.02. The summed E-state index contributed by atoms with van der Waals surface area (Å²) in [5.41, 5.74) is 3.20. The van der Waals surface area contributed by atoms with Gasteiger partial charge in [0.15, 0.2) is 0 Å². The second-order valence-corrected chi connectivity index (χ2v) is 6.83. The van der Waals surface area contributed by atoms with E-state index in [1.54, 1.807) is 0 Å². The van der Waals surface area contributed by atoms with E-state index in [2.05, 4.69) is 52.2 Å². The number of aryl methyl sites for hydroxylation is 1. The highest BCUT2D eigenvalue weighted by atomic mass is 16.5. The summed E-state index contributed by atoms with van der Waals surface area (Å²) < 4.78 is 9.54. The molecule has 0 aliphatic carbocycles. The smallest absolute Gasteiger partial charge is 0.131 e. The van der Waals surface area contributed by atoms with E-state index in [-0.39, 0.29) is 6.04 Å². The lowest BCUT2D eigenvalue weighted by molar-refractivity contribution is 0.0360. The third-order valence-corrected chi connectivity index (χ3v) is 4.97. The number of fused-ring (bicyclic) bond motifs is 1. The molecule has 26 heavy (non-hydrogen) atoms. The van der Waals surface area contributed by atoms with Crippen molar-refractivity contribution in [3.8, 4) is 0 Å². The van der Waals surface area contributed by atoms with Gasteiger partial charge in [0.25, 0.3) is 0 Å². The van der Waals surface area contributed by atoms with E-state index in [1.807, 2.05) is 23.0 Å². The number of hydrogen-bond acceptors (Lipinski definition) is 5. The van der Waals surface area contributed by atoms with Crippen LogP contribution < -0.4 is 5.32 Å². The van der Waals surface area contributed by atoms with Crippen molar-refractivity contribution in [2.45, 2.75) is 19.5 Å². The van der Waals surface area contributed by atoms with Crippen molar-refractivity contribution >= 4 is 16.7 Å². The zero-order valence-corrected chi connectivity index (χ0v) is 15.4. The predicted octanol–water partition coefficient (Wildman–Crippen LogP) is 2.28. The van der Waals surface area contributed by atoms with Gasteiger partial charge in [0.1, 0.15) is 5.82 Å². The topological polar surface area (TPSA) is 60.1 Å². The lowest BCUT2D eigenvalue weighted by Crippen LogP contribution is -2.38. The quantitative estimate of drug-likeness (QED) is 0.736. The Morgan fingerprint density at radius 1 is 1.19 bits per heavy atom. The fourth-order valence-corrected chi connectivity index (χ4v) is 3.50. The van der Waals surface area contributed by atoms with Crippen molar-refractivity contribution in [3.63, 3.8) is 0 Å². The summed E-state index contributed by atoms with van der Waals surface area (Å²) in [6.45, 7) is 7.72. The fraction of sp³-hybridized carbons (Fsp3) is 0.474. The minimum absolute atomic E-state index is 0.101. The summed E-state index contributed by atoms with van der Waals surface area (Å²) >= 11 is 0. The third kappa shape index (κ3) is 3.59. The second kappa shape index (κ2) is 7.47. The molecule has 1 unspecified atom stereocenters. The minimum Gasteiger partial charge on any atom is -0.379 e. The van der Waals surface area contributed by atoms with Gasteiger partial charge in [-0.15, -0.1) is 0 Å². The fourth-order valence-electron chi connectivity index (χ4n) is 3.50. The number of para-hydroxylation sites is 2. The zero-order valence-electron chi connectivity index (χ0n) is 15.4. The van der Waals surface area contributed by atoms with E-state index < -0.39 is 0 Å². The molecule has 2 aromatic heterocycles. The van der Waals surface area contributed by atoms with Crippen LogP contribution in [0.4, 0.5) is 5.69 Å². The SMILES string of the molecule is CC(Nc1cnn(CCN2CCOCC2)c1)c1nc2ccccc2n1C. The zero-order chi connectivity index (χ0) is 17.9. The molecule has 1 fully saturated rings. The van der Waals surface area contributed by atoms with E-state index in [0.717, 1.165) is 61.9 Å². The van der Waals surface area contributed by atoms with Gasteiger partial charge in [-0.3, -0.25) is 9.58 Å². The molecule has 1 N–H and O–H groups in total. The molecule has 7 nitrogen and oxygen atoms in total. The van der Waals surface area contributed by atoms with Crippen LogP contribution >= 0.6 is 0 Å². The predicted molar refractivity (Wildman–Crippen MR) is 102 cm³/mol. The Labute approximate surface area is 153 Å². The van der Waals surface area contributed by atoms with E-state index in [9.17, 15) is 0 Å². The van der Waals surface area contributed by atoms with Crippen molar-refractivity contribution < 1.29 is 4.74 Å². The van der Waals surface area contributed by atoms with Crippen molar-refractivity contribution in [3.05, 3.63) is 42.5 Å². The molecule has 1 aromatic carbocycles.